The molecule has 1 atom stereocenters. The number of nitrogens with two attached hydrogens (primary N) is 1. The normalized spacial score (nSPS) is 13.7. The third kappa shape index (κ3) is 4.05. The van der Waals surface area contributed by atoms with E-state index >= 15 is 0 Å². The van der Waals surface area contributed by atoms with Crippen molar-refractivity contribution in [2.24, 2.45) is 5.73 Å². The lowest BCUT2D eigenvalue weighted by atomic mass is 9.92. The Morgan fingerprint density at radius 3 is 2.16 bits per heavy atom. The van der Waals surface area contributed by atoms with Crippen molar-refractivity contribution in [1.82, 2.24) is 0 Å². The van der Waals surface area contributed by atoms with Crippen LogP contribution in [0.2, 0.25) is 0 Å². The van der Waals surface area contributed by atoms with Gasteiger partial charge >= 0.3 is 0 Å². The van der Waals surface area contributed by atoms with Gasteiger partial charge in [0, 0.05) is 0 Å². The minimum Gasteiger partial charge on any atom is -0.330 e. The van der Waals surface area contributed by atoms with E-state index < -0.39 is 9.84 Å². The molecule has 0 fully saturated rings. The van der Waals surface area contributed by atoms with Crippen molar-refractivity contribution in [2.45, 2.75) is 56.1 Å². The molecule has 1 aromatic carbocycles. The zero-order valence-corrected chi connectivity index (χ0v) is 12.9. The summed E-state index contributed by atoms with van der Waals surface area (Å²) in [6.45, 7) is 6.27. The maximum atomic E-state index is 12.0. The average Bonchev–Trinajstić information content (AvgIpc) is 2.40. The van der Waals surface area contributed by atoms with Gasteiger partial charge in [0.1, 0.15) is 0 Å². The minimum atomic E-state index is -3.16. The van der Waals surface area contributed by atoms with Gasteiger partial charge in [-0.25, -0.2) is 8.42 Å². The maximum Gasteiger partial charge on any atom is 0.180 e. The number of sulfone groups is 1. The first-order valence-corrected chi connectivity index (χ1v) is 8.52. The second-order valence-corrected chi connectivity index (χ2v) is 7.70. The molecule has 0 aliphatic rings. The monoisotopic (exact) mass is 283 g/mol. The SMILES string of the molecule is CCC(CCCN)c1ccc(S(=O)(=O)C(C)C)cc1. The lowest BCUT2D eigenvalue weighted by Crippen LogP contribution is -2.14. The second kappa shape index (κ2) is 7.06. The molecule has 0 heterocycles. The minimum absolute atomic E-state index is 0.377. The molecule has 0 aliphatic carbocycles. The molecule has 1 rings (SSSR count). The summed E-state index contributed by atoms with van der Waals surface area (Å²) < 4.78 is 24.1. The zero-order chi connectivity index (χ0) is 14.5. The van der Waals surface area contributed by atoms with E-state index in [2.05, 4.69) is 6.92 Å². The number of benzene rings is 1. The summed E-state index contributed by atoms with van der Waals surface area (Å²) in [4.78, 5) is 0.417. The summed E-state index contributed by atoms with van der Waals surface area (Å²) >= 11 is 0. The van der Waals surface area contributed by atoms with Crippen LogP contribution in [-0.2, 0) is 9.84 Å². The molecular weight excluding hydrogens is 258 g/mol. The van der Waals surface area contributed by atoms with Crippen LogP contribution in [0.1, 0.15) is 51.5 Å². The topological polar surface area (TPSA) is 60.2 Å². The molecule has 0 radical (unpaired) electrons. The van der Waals surface area contributed by atoms with Gasteiger partial charge in [0.2, 0.25) is 0 Å². The summed E-state index contributed by atoms with van der Waals surface area (Å²) in [6.07, 6.45) is 3.12. The first-order chi connectivity index (χ1) is 8.93. The standard InChI is InChI=1S/C15H25NO2S/c1-4-13(6-5-11-16)14-7-9-15(10-8-14)19(17,18)12(2)3/h7-10,12-13H,4-6,11,16H2,1-3H3. The zero-order valence-electron chi connectivity index (χ0n) is 12.1. The Labute approximate surface area is 117 Å². The fourth-order valence-corrected chi connectivity index (χ4v) is 3.23. The highest BCUT2D eigenvalue weighted by Gasteiger charge is 2.19. The smallest absolute Gasteiger partial charge is 0.180 e. The van der Waals surface area contributed by atoms with Crippen molar-refractivity contribution in [3.05, 3.63) is 29.8 Å². The molecule has 0 aromatic heterocycles. The highest BCUT2D eigenvalue weighted by atomic mass is 32.2. The van der Waals surface area contributed by atoms with E-state index in [1.54, 1.807) is 26.0 Å². The molecular formula is C15H25NO2S. The van der Waals surface area contributed by atoms with E-state index in [9.17, 15) is 8.42 Å². The van der Waals surface area contributed by atoms with Gasteiger partial charge < -0.3 is 5.73 Å². The molecule has 3 nitrogen and oxygen atoms in total. The number of hydrogen-bond acceptors (Lipinski definition) is 3. The Bertz CT molecular complexity index is 477. The predicted molar refractivity (Wildman–Crippen MR) is 80.1 cm³/mol. The Balaban J connectivity index is 2.92. The largest absolute Gasteiger partial charge is 0.330 e. The third-order valence-electron chi connectivity index (χ3n) is 3.55. The van der Waals surface area contributed by atoms with Crippen LogP contribution in [-0.4, -0.2) is 20.2 Å². The van der Waals surface area contributed by atoms with Crippen LogP contribution in [0.3, 0.4) is 0 Å². The quantitative estimate of drug-likeness (QED) is 0.836. The number of rotatable bonds is 7. The highest BCUT2D eigenvalue weighted by Crippen LogP contribution is 2.26. The molecule has 1 unspecified atom stereocenters. The van der Waals surface area contributed by atoms with Crippen molar-refractivity contribution >= 4 is 9.84 Å². The van der Waals surface area contributed by atoms with Crippen LogP contribution >= 0.6 is 0 Å². The van der Waals surface area contributed by atoms with Crippen molar-refractivity contribution < 1.29 is 8.42 Å². The van der Waals surface area contributed by atoms with E-state index in [0.29, 0.717) is 17.4 Å². The summed E-state index contributed by atoms with van der Waals surface area (Å²) in [5.41, 5.74) is 6.75. The molecule has 2 N–H and O–H groups in total. The van der Waals surface area contributed by atoms with Crippen LogP contribution in [0.4, 0.5) is 0 Å². The van der Waals surface area contributed by atoms with Gasteiger partial charge in [-0.1, -0.05) is 19.1 Å². The first kappa shape index (κ1) is 16.2. The summed E-state index contributed by atoms with van der Waals surface area (Å²) in [6, 6.07) is 7.35. The molecule has 0 amide bonds. The van der Waals surface area contributed by atoms with E-state index in [1.807, 2.05) is 12.1 Å². The Morgan fingerprint density at radius 2 is 1.74 bits per heavy atom. The average molecular weight is 283 g/mol. The van der Waals surface area contributed by atoms with Crippen LogP contribution in [0.5, 0.6) is 0 Å². The molecule has 0 aliphatic heterocycles. The van der Waals surface area contributed by atoms with Gasteiger partial charge in [-0.2, -0.15) is 0 Å². The second-order valence-electron chi connectivity index (χ2n) is 5.20. The van der Waals surface area contributed by atoms with Crippen LogP contribution in [0, 0.1) is 0 Å². The fraction of sp³-hybridized carbons (Fsp3) is 0.600. The maximum absolute atomic E-state index is 12.0. The predicted octanol–water partition coefficient (Wildman–Crippen LogP) is 3.10. The van der Waals surface area contributed by atoms with Gasteiger partial charge in [-0.3, -0.25) is 0 Å². The van der Waals surface area contributed by atoms with Gasteiger partial charge in [-0.05, 0) is 63.3 Å². The summed E-state index contributed by atoms with van der Waals surface area (Å²) in [5.74, 6) is 0.472. The third-order valence-corrected chi connectivity index (χ3v) is 5.72. The molecule has 0 bridgehead atoms. The molecule has 108 valence electrons. The van der Waals surface area contributed by atoms with E-state index in [-0.39, 0.29) is 5.25 Å². The van der Waals surface area contributed by atoms with Crippen LogP contribution in [0.15, 0.2) is 29.2 Å². The van der Waals surface area contributed by atoms with E-state index in [1.165, 1.54) is 5.56 Å². The summed E-state index contributed by atoms with van der Waals surface area (Å²) in [7, 11) is -3.16. The highest BCUT2D eigenvalue weighted by molar-refractivity contribution is 7.92. The van der Waals surface area contributed by atoms with E-state index in [0.717, 1.165) is 19.3 Å². The van der Waals surface area contributed by atoms with Crippen molar-refractivity contribution in [3.63, 3.8) is 0 Å². The van der Waals surface area contributed by atoms with Crippen molar-refractivity contribution in [1.29, 1.82) is 0 Å². The number of hydrogen-bond donors (Lipinski definition) is 1. The van der Waals surface area contributed by atoms with Gasteiger partial charge in [0.05, 0.1) is 10.1 Å². The summed E-state index contributed by atoms with van der Waals surface area (Å²) in [5, 5.41) is -0.377. The van der Waals surface area contributed by atoms with Crippen molar-refractivity contribution in [3.8, 4) is 0 Å². The van der Waals surface area contributed by atoms with Gasteiger partial charge in [0.15, 0.2) is 9.84 Å². The van der Waals surface area contributed by atoms with E-state index in [4.69, 9.17) is 5.73 Å². The molecule has 4 heteroatoms. The Kier molecular flexibility index (Phi) is 6.01. The van der Waals surface area contributed by atoms with Crippen molar-refractivity contribution in [2.75, 3.05) is 6.54 Å². The molecule has 0 spiro atoms. The fourth-order valence-electron chi connectivity index (χ4n) is 2.17. The lowest BCUT2D eigenvalue weighted by Gasteiger charge is -2.16. The molecule has 0 saturated heterocycles. The lowest BCUT2D eigenvalue weighted by molar-refractivity contribution is 0.579. The Morgan fingerprint density at radius 1 is 1.16 bits per heavy atom. The molecule has 0 saturated carbocycles. The first-order valence-electron chi connectivity index (χ1n) is 6.97. The molecule has 1 aromatic rings. The molecule has 19 heavy (non-hydrogen) atoms. The van der Waals surface area contributed by atoms with Crippen LogP contribution < -0.4 is 5.73 Å². The van der Waals surface area contributed by atoms with Crippen LogP contribution in [0.25, 0.3) is 0 Å². The van der Waals surface area contributed by atoms with Gasteiger partial charge in [-0.15, -0.1) is 0 Å². The Hall–Kier alpha value is -0.870. The van der Waals surface area contributed by atoms with Gasteiger partial charge in [0.25, 0.3) is 0 Å².